The van der Waals surface area contributed by atoms with Gasteiger partial charge in [-0.25, -0.2) is 0 Å². The number of rotatable bonds is 2. The first-order chi connectivity index (χ1) is 9.47. The number of amides is 1. The number of hydrogen-bond donors (Lipinski definition) is 1. The largest absolute Gasteiger partial charge is 0.471 e. The molecule has 1 N–H and O–H groups in total. The third kappa shape index (κ3) is 4.36. The Morgan fingerprint density at radius 2 is 1.50 bits per heavy atom. The Bertz CT molecular complexity index is 317. The second kappa shape index (κ2) is 6.78. The van der Waals surface area contributed by atoms with Crippen LogP contribution < -0.4 is 5.32 Å². The Morgan fingerprint density at radius 1 is 0.950 bits per heavy atom. The lowest BCUT2D eigenvalue weighted by molar-refractivity contribution is -0.174. The molecule has 0 aromatic rings. The van der Waals surface area contributed by atoms with Crippen LogP contribution in [0, 0.1) is 0 Å². The normalized spacial score (nSPS) is 24.4. The summed E-state index contributed by atoms with van der Waals surface area (Å²) in [6.45, 7) is 1.60. The van der Waals surface area contributed by atoms with Crippen molar-refractivity contribution in [2.24, 2.45) is 0 Å². The summed E-state index contributed by atoms with van der Waals surface area (Å²) >= 11 is 0. The minimum absolute atomic E-state index is 0.328. The Kier molecular flexibility index (Phi) is 5.29. The Morgan fingerprint density at radius 3 is 2.00 bits per heavy atom. The maximum atomic E-state index is 12.2. The highest BCUT2D eigenvalue weighted by molar-refractivity contribution is 5.81. The van der Waals surface area contributed by atoms with Crippen LogP contribution in [0.1, 0.15) is 51.4 Å². The molecule has 116 valence electrons. The van der Waals surface area contributed by atoms with E-state index in [9.17, 15) is 18.0 Å². The van der Waals surface area contributed by atoms with Gasteiger partial charge >= 0.3 is 12.1 Å². The van der Waals surface area contributed by atoms with Gasteiger partial charge in [-0.2, -0.15) is 13.2 Å². The lowest BCUT2D eigenvalue weighted by Crippen LogP contribution is -2.50. The number of piperidine rings is 1. The fourth-order valence-corrected chi connectivity index (χ4v) is 3.30. The first kappa shape index (κ1) is 15.6. The lowest BCUT2D eigenvalue weighted by Gasteiger charge is -2.37. The van der Waals surface area contributed by atoms with E-state index in [0.29, 0.717) is 18.9 Å². The fraction of sp³-hybridized carbons (Fsp3) is 0.929. The topological polar surface area (TPSA) is 32.3 Å². The van der Waals surface area contributed by atoms with Crippen molar-refractivity contribution in [2.75, 3.05) is 13.1 Å². The van der Waals surface area contributed by atoms with Crippen molar-refractivity contribution in [3.8, 4) is 0 Å². The van der Waals surface area contributed by atoms with Crippen LogP contribution in [-0.4, -0.2) is 42.2 Å². The second-order valence-electron chi connectivity index (χ2n) is 5.93. The Balaban J connectivity index is 1.76. The van der Waals surface area contributed by atoms with Crippen molar-refractivity contribution in [3.63, 3.8) is 0 Å². The van der Waals surface area contributed by atoms with E-state index in [1.54, 1.807) is 0 Å². The predicted octanol–water partition coefficient (Wildman–Crippen LogP) is 2.85. The van der Waals surface area contributed by atoms with Crippen LogP contribution in [0.4, 0.5) is 13.2 Å². The third-order valence-electron chi connectivity index (χ3n) is 4.46. The molecule has 2 rings (SSSR count). The molecule has 0 bridgehead atoms. The molecular weight excluding hydrogens is 269 g/mol. The average molecular weight is 292 g/mol. The summed E-state index contributed by atoms with van der Waals surface area (Å²) in [4.78, 5) is 13.3. The number of halogens is 3. The van der Waals surface area contributed by atoms with Gasteiger partial charge in [0.15, 0.2) is 0 Å². The standard InChI is InChI=1S/C14H23F3N2O/c15-14(16,17)13(20)18-11-7-9-19(10-8-11)12-5-3-1-2-4-6-12/h11-12H,1-10H2,(H,18,20). The van der Waals surface area contributed by atoms with Gasteiger partial charge in [0.25, 0.3) is 0 Å². The van der Waals surface area contributed by atoms with Gasteiger partial charge in [0.2, 0.25) is 0 Å². The molecule has 2 fully saturated rings. The summed E-state index contributed by atoms with van der Waals surface area (Å²) in [5.74, 6) is -1.80. The molecule has 1 saturated carbocycles. The average Bonchev–Trinajstić information content (AvgIpc) is 2.67. The maximum absolute atomic E-state index is 12.2. The van der Waals surface area contributed by atoms with E-state index in [0.717, 1.165) is 13.1 Å². The Hall–Kier alpha value is -0.780. The third-order valence-corrected chi connectivity index (χ3v) is 4.46. The zero-order chi connectivity index (χ0) is 14.6. The van der Waals surface area contributed by atoms with E-state index in [1.165, 1.54) is 38.5 Å². The smallest absolute Gasteiger partial charge is 0.345 e. The predicted molar refractivity (Wildman–Crippen MR) is 70.3 cm³/mol. The van der Waals surface area contributed by atoms with Gasteiger partial charge in [0.05, 0.1) is 0 Å². The minimum Gasteiger partial charge on any atom is -0.345 e. The van der Waals surface area contributed by atoms with Crippen LogP contribution in [0.15, 0.2) is 0 Å². The first-order valence-corrected chi connectivity index (χ1v) is 7.58. The monoisotopic (exact) mass is 292 g/mol. The molecule has 3 nitrogen and oxygen atoms in total. The van der Waals surface area contributed by atoms with Crippen LogP contribution in [0.25, 0.3) is 0 Å². The molecule has 1 aliphatic heterocycles. The molecule has 20 heavy (non-hydrogen) atoms. The molecule has 0 radical (unpaired) electrons. The van der Waals surface area contributed by atoms with Crippen molar-refractivity contribution in [1.82, 2.24) is 10.2 Å². The van der Waals surface area contributed by atoms with Gasteiger partial charge in [-0.1, -0.05) is 25.7 Å². The SMILES string of the molecule is O=C(NC1CCN(C2CCCCCC2)CC1)C(F)(F)F. The summed E-state index contributed by atoms with van der Waals surface area (Å²) in [6, 6.07) is 0.267. The minimum atomic E-state index is -4.77. The summed E-state index contributed by atoms with van der Waals surface area (Å²) in [5.41, 5.74) is 0. The van der Waals surface area contributed by atoms with Crippen LogP contribution in [-0.2, 0) is 4.79 Å². The van der Waals surface area contributed by atoms with Gasteiger partial charge < -0.3 is 10.2 Å². The zero-order valence-corrected chi connectivity index (χ0v) is 11.7. The van der Waals surface area contributed by atoms with Gasteiger partial charge in [-0.05, 0) is 25.7 Å². The van der Waals surface area contributed by atoms with Crippen molar-refractivity contribution >= 4 is 5.91 Å². The molecule has 0 aromatic carbocycles. The number of nitrogens with one attached hydrogen (secondary N) is 1. The summed E-state index contributed by atoms with van der Waals surface area (Å²) in [5, 5.41) is 2.10. The summed E-state index contributed by atoms with van der Waals surface area (Å²) < 4.78 is 36.6. The van der Waals surface area contributed by atoms with Gasteiger partial charge in [0.1, 0.15) is 0 Å². The fourth-order valence-electron chi connectivity index (χ4n) is 3.30. The molecule has 0 spiro atoms. The van der Waals surface area contributed by atoms with Crippen molar-refractivity contribution in [1.29, 1.82) is 0 Å². The summed E-state index contributed by atoms with van der Waals surface area (Å²) in [7, 11) is 0. The molecule has 0 unspecified atom stereocenters. The number of carbonyl (C=O) groups is 1. The molecule has 2 aliphatic rings. The van der Waals surface area contributed by atoms with E-state index in [4.69, 9.17) is 0 Å². The van der Waals surface area contributed by atoms with Gasteiger partial charge in [0, 0.05) is 25.2 Å². The summed E-state index contributed by atoms with van der Waals surface area (Å²) in [6.07, 6.45) is 4.02. The highest BCUT2D eigenvalue weighted by Crippen LogP contribution is 2.25. The molecule has 0 atom stereocenters. The zero-order valence-electron chi connectivity index (χ0n) is 11.7. The number of likely N-dealkylation sites (tertiary alicyclic amines) is 1. The molecule has 0 aromatic heterocycles. The number of carbonyl (C=O) groups excluding carboxylic acids is 1. The van der Waals surface area contributed by atoms with E-state index in [2.05, 4.69) is 10.2 Å². The molecular formula is C14H23F3N2O. The number of alkyl halides is 3. The van der Waals surface area contributed by atoms with Gasteiger partial charge in [-0.15, -0.1) is 0 Å². The lowest BCUT2D eigenvalue weighted by atomic mass is 9.99. The number of nitrogens with zero attached hydrogens (tertiary/aromatic N) is 1. The molecule has 6 heteroatoms. The molecule has 1 amide bonds. The van der Waals surface area contributed by atoms with Gasteiger partial charge in [-0.3, -0.25) is 4.79 Å². The van der Waals surface area contributed by atoms with Crippen molar-refractivity contribution in [3.05, 3.63) is 0 Å². The van der Waals surface area contributed by atoms with E-state index in [1.807, 2.05) is 0 Å². The van der Waals surface area contributed by atoms with E-state index >= 15 is 0 Å². The van der Waals surface area contributed by atoms with Crippen LogP contribution in [0.5, 0.6) is 0 Å². The van der Waals surface area contributed by atoms with Crippen molar-refractivity contribution < 1.29 is 18.0 Å². The molecule has 1 aliphatic carbocycles. The maximum Gasteiger partial charge on any atom is 0.471 e. The number of hydrogen-bond acceptors (Lipinski definition) is 2. The molecule has 1 heterocycles. The highest BCUT2D eigenvalue weighted by atomic mass is 19.4. The van der Waals surface area contributed by atoms with E-state index < -0.39 is 12.1 Å². The van der Waals surface area contributed by atoms with Crippen LogP contribution in [0.2, 0.25) is 0 Å². The first-order valence-electron chi connectivity index (χ1n) is 7.58. The highest BCUT2D eigenvalue weighted by Gasteiger charge is 2.40. The second-order valence-corrected chi connectivity index (χ2v) is 5.93. The van der Waals surface area contributed by atoms with Crippen LogP contribution >= 0.6 is 0 Å². The Labute approximate surface area is 117 Å². The van der Waals surface area contributed by atoms with Crippen molar-refractivity contribution in [2.45, 2.75) is 69.6 Å². The van der Waals surface area contributed by atoms with E-state index in [-0.39, 0.29) is 6.04 Å². The van der Waals surface area contributed by atoms with Crippen LogP contribution in [0.3, 0.4) is 0 Å². The quantitative estimate of drug-likeness (QED) is 0.794. The molecule has 1 saturated heterocycles.